The molecule has 0 radical (unpaired) electrons. The predicted molar refractivity (Wildman–Crippen MR) is 146 cm³/mol. The lowest BCUT2D eigenvalue weighted by molar-refractivity contribution is -0.386. The topological polar surface area (TPSA) is 109 Å². The number of methoxy groups -OCH3 is 1. The number of hydrogen-bond donors (Lipinski definition) is 0. The molecule has 0 amide bonds. The normalized spacial score (nSPS) is 11.3. The van der Waals surface area contributed by atoms with E-state index in [-0.39, 0.29) is 29.4 Å². The Morgan fingerprint density at radius 1 is 1.18 bits per heavy atom. The smallest absolute Gasteiger partial charge is 0.315 e. The second-order valence-electron chi connectivity index (χ2n) is 8.40. The molecule has 1 aromatic heterocycles. The summed E-state index contributed by atoms with van der Waals surface area (Å²) >= 11 is 3.38. The van der Waals surface area contributed by atoms with Crippen molar-refractivity contribution < 1.29 is 18.8 Å². The van der Waals surface area contributed by atoms with Gasteiger partial charge in [-0.25, -0.2) is 9.37 Å². The number of benzene rings is 3. The van der Waals surface area contributed by atoms with Gasteiger partial charge in [-0.05, 0) is 48.4 Å². The summed E-state index contributed by atoms with van der Waals surface area (Å²) in [7, 11) is 1.36. The van der Waals surface area contributed by atoms with Crippen molar-refractivity contribution in [3.05, 3.63) is 102 Å². The van der Waals surface area contributed by atoms with Crippen molar-refractivity contribution in [2.24, 2.45) is 5.10 Å². The number of fused-ring (bicyclic) bond motifs is 1. The Labute approximate surface area is 225 Å². The van der Waals surface area contributed by atoms with Gasteiger partial charge >= 0.3 is 5.69 Å². The van der Waals surface area contributed by atoms with Crippen molar-refractivity contribution in [2.75, 3.05) is 7.11 Å². The summed E-state index contributed by atoms with van der Waals surface area (Å²) in [5.74, 6) is 0.134. The van der Waals surface area contributed by atoms with Crippen LogP contribution in [-0.4, -0.2) is 27.9 Å². The van der Waals surface area contributed by atoms with Gasteiger partial charge in [0.2, 0.25) is 5.75 Å². The monoisotopic (exact) mass is 582 g/mol. The molecule has 0 atom stereocenters. The van der Waals surface area contributed by atoms with Crippen LogP contribution in [-0.2, 0) is 13.0 Å². The van der Waals surface area contributed by atoms with E-state index >= 15 is 0 Å². The minimum Gasteiger partial charge on any atom is -0.493 e. The van der Waals surface area contributed by atoms with Crippen LogP contribution >= 0.6 is 15.9 Å². The summed E-state index contributed by atoms with van der Waals surface area (Å²) in [6.07, 6.45) is 3.60. The molecule has 0 saturated heterocycles. The molecule has 0 aliphatic heterocycles. The van der Waals surface area contributed by atoms with Gasteiger partial charge in [0.25, 0.3) is 5.56 Å². The molecule has 0 N–H and O–H groups in total. The summed E-state index contributed by atoms with van der Waals surface area (Å²) < 4.78 is 26.2. The second-order valence-corrected chi connectivity index (χ2v) is 9.31. The third-order valence-corrected chi connectivity index (χ3v) is 6.22. The van der Waals surface area contributed by atoms with Crippen LogP contribution in [0.25, 0.3) is 10.9 Å². The van der Waals surface area contributed by atoms with Crippen LogP contribution in [0.2, 0.25) is 0 Å². The molecule has 196 valence electrons. The lowest BCUT2D eigenvalue weighted by Crippen LogP contribution is -2.22. The van der Waals surface area contributed by atoms with Gasteiger partial charge in [-0.3, -0.25) is 14.9 Å². The zero-order chi connectivity index (χ0) is 27.2. The van der Waals surface area contributed by atoms with E-state index in [9.17, 15) is 19.3 Å². The third kappa shape index (κ3) is 6.05. The Kier molecular flexibility index (Phi) is 8.47. The Balaban J connectivity index is 1.73. The first-order chi connectivity index (χ1) is 18.3. The lowest BCUT2D eigenvalue weighted by Gasteiger charge is -2.12. The fourth-order valence-electron chi connectivity index (χ4n) is 3.79. The average Bonchev–Trinajstić information content (AvgIpc) is 2.91. The summed E-state index contributed by atoms with van der Waals surface area (Å²) in [4.78, 5) is 29.2. The van der Waals surface area contributed by atoms with E-state index in [1.165, 1.54) is 54.4 Å². The molecular formula is C27H24BrFN4O5. The van der Waals surface area contributed by atoms with Crippen molar-refractivity contribution >= 4 is 38.7 Å². The molecule has 0 spiro atoms. The van der Waals surface area contributed by atoms with Crippen LogP contribution in [0.1, 0.15) is 36.7 Å². The molecule has 9 nitrogen and oxygen atoms in total. The molecule has 0 aliphatic carbocycles. The van der Waals surface area contributed by atoms with Gasteiger partial charge in [-0.1, -0.05) is 41.4 Å². The van der Waals surface area contributed by atoms with E-state index in [4.69, 9.17) is 9.47 Å². The highest BCUT2D eigenvalue weighted by atomic mass is 79.9. The van der Waals surface area contributed by atoms with Gasteiger partial charge in [-0.15, -0.1) is 0 Å². The van der Waals surface area contributed by atoms with Crippen LogP contribution in [0.15, 0.2) is 69.0 Å². The third-order valence-electron chi connectivity index (χ3n) is 5.72. The van der Waals surface area contributed by atoms with Gasteiger partial charge < -0.3 is 9.47 Å². The quantitative estimate of drug-likeness (QED) is 0.128. The molecule has 0 aliphatic rings. The molecule has 11 heteroatoms. The van der Waals surface area contributed by atoms with Crippen molar-refractivity contribution in [1.82, 2.24) is 9.66 Å². The number of aryl methyl sites for hydroxylation is 1. The standard InChI is InChI=1S/C27H24BrFN4O5/c1-3-4-5-25-31-22-11-8-19(28)14-21(22)27(34)32(25)30-15-18-12-23(33(35)36)26(24(13-18)37-2)38-16-17-6-9-20(29)10-7-17/h6-15H,3-5,16H2,1-2H3. The minimum absolute atomic E-state index is 0.0284. The van der Waals surface area contributed by atoms with Gasteiger partial charge in [0.15, 0.2) is 5.75 Å². The zero-order valence-corrected chi connectivity index (χ0v) is 22.3. The number of nitro groups is 1. The summed E-state index contributed by atoms with van der Waals surface area (Å²) in [5.41, 5.74) is 0.829. The van der Waals surface area contributed by atoms with E-state index in [1.54, 1.807) is 12.1 Å². The molecule has 4 aromatic rings. The highest BCUT2D eigenvalue weighted by Gasteiger charge is 2.22. The Morgan fingerprint density at radius 3 is 2.63 bits per heavy atom. The van der Waals surface area contributed by atoms with Crippen LogP contribution in [0.3, 0.4) is 0 Å². The maximum absolute atomic E-state index is 13.3. The van der Waals surface area contributed by atoms with Gasteiger partial charge in [-0.2, -0.15) is 9.78 Å². The van der Waals surface area contributed by atoms with Crippen LogP contribution in [0.4, 0.5) is 10.1 Å². The number of aromatic nitrogens is 2. The van der Waals surface area contributed by atoms with E-state index in [2.05, 4.69) is 26.0 Å². The average molecular weight is 583 g/mol. The molecule has 0 saturated carbocycles. The number of nitro benzene ring substituents is 1. The summed E-state index contributed by atoms with van der Waals surface area (Å²) in [6.45, 7) is 2.01. The highest BCUT2D eigenvalue weighted by molar-refractivity contribution is 9.10. The number of halogens is 2. The highest BCUT2D eigenvalue weighted by Crippen LogP contribution is 2.38. The molecule has 0 fully saturated rings. The first-order valence-electron chi connectivity index (χ1n) is 11.8. The number of rotatable bonds is 10. The molecule has 0 unspecified atom stereocenters. The summed E-state index contributed by atoms with van der Waals surface area (Å²) in [5, 5.41) is 16.6. The Hall–Kier alpha value is -4.12. The maximum Gasteiger partial charge on any atom is 0.315 e. The fourth-order valence-corrected chi connectivity index (χ4v) is 4.15. The molecule has 3 aromatic carbocycles. The largest absolute Gasteiger partial charge is 0.493 e. The zero-order valence-electron chi connectivity index (χ0n) is 20.7. The summed E-state index contributed by atoms with van der Waals surface area (Å²) in [6, 6.07) is 13.7. The van der Waals surface area contributed by atoms with Crippen LogP contribution in [0.5, 0.6) is 11.5 Å². The number of ether oxygens (including phenoxy) is 2. The van der Waals surface area contributed by atoms with E-state index in [0.29, 0.717) is 34.3 Å². The SMILES string of the molecule is CCCCc1nc2ccc(Br)cc2c(=O)n1N=Cc1cc(OC)c(OCc2ccc(F)cc2)c([N+](=O)[O-])c1. The van der Waals surface area contributed by atoms with Gasteiger partial charge in [0.05, 0.1) is 29.2 Å². The molecular weight excluding hydrogens is 559 g/mol. The number of unbranched alkanes of at least 4 members (excludes halogenated alkanes) is 1. The number of hydrogen-bond acceptors (Lipinski definition) is 7. The predicted octanol–water partition coefficient (Wildman–Crippen LogP) is 6.02. The van der Waals surface area contributed by atoms with Crippen molar-refractivity contribution in [3.8, 4) is 11.5 Å². The fraction of sp³-hybridized carbons (Fsp3) is 0.222. The minimum atomic E-state index is -0.589. The van der Waals surface area contributed by atoms with Crippen molar-refractivity contribution in [3.63, 3.8) is 0 Å². The Morgan fingerprint density at radius 2 is 1.95 bits per heavy atom. The lowest BCUT2D eigenvalue weighted by atomic mass is 10.1. The van der Waals surface area contributed by atoms with E-state index in [1.807, 2.05) is 13.0 Å². The van der Waals surface area contributed by atoms with Crippen molar-refractivity contribution in [1.29, 1.82) is 0 Å². The van der Waals surface area contributed by atoms with Gasteiger partial charge in [0.1, 0.15) is 18.2 Å². The molecule has 4 rings (SSSR count). The number of nitrogens with zero attached hydrogens (tertiary/aromatic N) is 4. The van der Waals surface area contributed by atoms with Gasteiger partial charge in [0, 0.05) is 22.5 Å². The molecule has 1 heterocycles. The van der Waals surface area contributed by atoms with Crippen molar-refractivity contribution in [2.45, 2.75) is 32.8 Å². The van der Waals surface area contributed by atoms with Crippen LogP contribution < -0.4 is 15.0 Å². The second kappa shape index (κ2) is 12.0. The molecule has 0 bridgehead atoms. The first-order valence-corrected chi connectivity index (χ1v) is 12.6. The molecule has 38 heavy (non-hydrogen) atoms. The first kappa shape index (κ1) is 26.9. The van der Waals surface area contributed by atoms with E-state index in [0.717, 1.165) is 17.3 Å². The Bertz CT molecular complexity index is 1570. The maximum atomic E-state index is 13.3. The van der Waals surface area contributed by atoms with Crippen LogP contribution in [0, 0.1) is 15.9 Å². The van der Waals surface area contributed by atoms with E-state index < -0.39 is 10.7 Å².